The standard InChI is InChI=1S/C16H15F3N6O/c17-16(18,19)13-1-2-14(26)25(23-13)10-11-4-7-24(8-5-11)15-21-6-3-12(9-20)22-15/h1-3,6,11H,4-5,7-8,10H2. The van der Waals surface area contributed by atoms with Crippen molar-refractivity contribution in [1.29, 1.82) is 5.26 Å². The molecule has 26 heavy (non-hydrogen) atoms. The Bertz CT molecular complexity index is 881. The molecule has 3 heterocycles. The van der Waals surface area contributed by atoms with Crippen LogP contribution in [-0.2, 0) is 12.7 Å². The van der Waals surface area contributed by atoms with Crippen LogP contribution in [0.2, 0.25) is 0 Å². The van der Waals surface area contributed by atoms with E-state index in [1.165, 1.54) is 12.3 Å². The van der Waals surface area contributed by atoms with Gasteiger partial charge in [-0.15, -0.1) is 0 Å². The third-order valence-electron chi connectivity index (χ3n) is 4.24. The fourth-order valence-electron chi connectivity index (χ4n) is 2.85. The van der Waals surface area contributed by atoms with Crippen LogP contribution in [0.1, 0.15) is 24.2 Å². The Morgan fingerprint density at radius 1 is 1.23 bits per heavy atom. The minimum absolute atomic E-state index is 0.0269. The summed E-state index contributed by atoms with van der Waals surface area (Å²) in [6.07, 6.45) is -1.75. The highest BCUT2D eigenvalue weighted by Gasteiger charge is 2.33. The molecule has 3 rings (SSSR count). The van der Waals surface area contributed by atoms with E-state index in [1.807, 2.05) is 11.0 Å². The first-order chi connectivity index (χ1) is 12.4. The lowest BCUT2D eigenvalue weighted by Crippen LogP contribution is -2.38. The third-order valence-corrected chi connectivity index (χ3v) is 4.24. The van der Waals surface area contributed by atoms with Crippen LogP contribution in [0.3, 0.4) is 0 Å². The highest BCUT2D eigenvalue weighted by molar-refractivity contribution is 5.34. The molecule has 1 aliphatic rings. The van der Waals surface area contributed by atoms with Gasteiger partial charge in [-0.1, -0.05) is 0 Å². The van der Waals surface area contributed by atoms with E-state index in [0.717, 1.165) is 10.7 Å². The maximum atomic E-state index is 12.8. The molecule has 7 nitrogen and oxygen atoms in total. The van der Waals surface area contributed by atoms with Gasteiger partial charge in [-0.25, -0.2) is 14.6 Å². The zero-order valence-electron chi connectivity index (χ0n) is 13.6. The first kappa shape index (κ1) is 17.8. The number of nitrogens with zero attached hydrogens (tertiary/aromatic N) is 6. The molecule has 0 amide bonds. The van der Waals surface area contributed by atoms with E-state index >= 15 is 0 Å². The van der Waals surface area contributed by atoms with Gasteiger partial charge in [-0.3, -0.25) is 4.79 Å². The lowest BCUT2D eigenvalue weighted by molar-refractivity contribution is -0.142. The number of aromatic nitrogens is 4. The molecule has 0 aliphatic carbocycles. The van der Waals surface area contributed by atoms with E-state index in [-0.39, 0.29) is 18.2 Å². The maximum absolute atomic E-state index is 12.8. The number of anilines is 1. The Labute approximate surface area is 146 Å². The summed E-state index contributed by atoms with van der Waals surface area (Å²) >= 11 is 0. The smallest absolute Gasteiger partial charge is 0.341 e. The Hall–Kier alpha value is -2.96. The van der Waals surface area contributed by atoms with Gasteiger partial charge in [0.05, 0.1) is 0 Å². The summed E-state index contributed by atoms with van der Waals surface area (Å²) in [5, 5.41) is 12.3. The van der Waals surface area contributed by atoms with Gasteiger partial charge in [0.15, 0.2) is 5.69 Å². The van der Waals surface area contributed by atoms with Crippen LogP contribution in [0.4, 0.5) is 19.1 Å². The summed E-state index contributed by atoms with van der Waals surface area (Å²) in [5.41, 5.74) is -1.35. The summed E-state index contributed by atoms with van der Waals surface area (Å²) in [4.78, 5) is 22.0. The predicted molar refractivity (Wildman–Crippen MR) is 85.2 cm³/mol. The van der Waals surface area contributed by atoms with Crippen molar-refractivity contribution < 1.29 is 13.2 Å². The highest BCUT2D eigenvalue weighted by atomic mass is 19.4. The van der Waals surface area contributed by atoms with E-state index in [2.05, 4.69) is 15.1 Å². The monoisotopic (exact) mass is 364 g/mol. The van der Waals surface area contributed by atoms with Crippen molar-refractivity contribution >= 4 is 5.95 Å². The van der Waals surface area contributed by atoms with Crippen LogP contribution in [0.25, 0.3) is 0 Å². The average molecular weight is 364 g/mol. The number of rotatable bonds is 3. The quantitative estimate of drug-likeness (QED) is 0.826. The molecule has 1 fully saturated rings. The van der Waals surface area contributed by atoms with Crippen molar-refractivity contribution in [2.75, 3.05) is 18.0 Å². The molecule has 1 saturated heterocycles. The average Bonchev–Trinajstić information content (AvgIpc) is 2.63. The summed E-state index contributed by atoms with van der Waals surface area (Å²) < 4.78 is 39.2. The van der Waals surface area contributed by atoms with Crippen molar-refractivity contribution in [3.63, 3.8) is 0 Å². The van der Waals surface area contributed by atoms with Gasteiger partial charge < -0.3 is 4.90 Å². The molecule has 136 valence electrons. The largest absolute Gasteiger partial charge is 0.435 e. The van der Waals surface area contributed by atoms with Crippen LogP contribution in [0, 0.1) is 17.2 Å². The van der Waals surface area contributed by atoms with Crippen LogP contribution in [0.15, 0.2) is 29.2 Å². The van der Waals surface area contributed by atoms with Gasteiger partial charge in [0.25, 0.3) is 5.56 Å². The molecule has 0 atom stereocenters. The molecule has 2 aromatic rings. The lowest BCUT2D eigenvalue weighted by atomic mass is 9.97. The number of hydrogen-bond acceptors (Lipinski definition) is 6. The van der Waals surface area contributed by atoms with E-state index < -0.39 is 17.4 Å². The van der Waals surface area contributed by atoms with Gasteiger partial charge in [0, 0.05) is 31.9 Å². The van der Waals surface area contributed by atoms with Crippen LogP contribution in [0.5, 0.6) is 0 Å². The lowest BCUT2D eigenvalue weighted by Gasteiger charge is -2.32. The summed E-state index contributed by atoms with van der Waals surface area (Å²) in [6, 6.07) is 5.06. The topological polar surface area (TPSA) is 87.7 Å². The van der Waals surface area contributed by atoms with Crippen molar-refractivity contribution in [3.05, 3.63) is 46.1 Å². The number of piperidine rings is 1. The molecule has 2 aromatic heterocycles. The van der Waals surface area contributed by atoms with Gasteiger partial charge in [0.2, 0.25) is 5.95 Å². The maximum Gasteiger partial charge on any atom is 0.435 e. The fourth-order valence-corrected chi connectivity index (χ4v) is 2.85. The number of alkyl halides is 3. The molecule has 0 bridgehead atoms. The molecule has 0 saturated carbocycles. The summed E-state index contributed by atoms with van der Waals surface area (Å²) in [6.45, 7) is 1.32. The highest BCUT2D eigenvalue weighted by Crippen LogP contribution is 2.27. The van der Waals surface area contributed by atoms with Crippen molar-refractivity contribution in [2.24, 2.45) is 5.92 Å². The molecular weight excluding hydrogens is 349 g/mol. The molecular formula is C16H15F3N6O. The second-order valence-corrected chi connectivity index (χ2v) is 6.02. The van der Waals surface area contributed by atoms with Gasteiger partial charge >= 0.3 is 6.18 Å². The first-order valence-corrected chi connectivity index (χ1v) is 8.00. The Kier molecular flexibility index (Phi) is 4.88. The van der Waals surface area contributed by atoms with E-state index in [0.29, 0.717) is 37.9 Å². The molecule has 0 radical (unpaired) electrons. The van der Waals surface area contributed by atoms with Crippen LogP contribution in [-0.4, -0.2) is 32.8 Å². The third kappa shape index (κ3) is 3.99. The van der Waals surface area contributed by atoms with Gasteiger partial charge in [-0.2, -0.15) is 23.5 Å². The summed E-state index contributed by atoms with van der Waals surface area (Å²) in [5.74, 6) is 0.482. The number of nitriles is 1. The Morgan fingerprint density at radius 2 is 1.96 bits per heavy atom. The molecule has 0 N–H and O–H groups in total. The minimum Gasteiger partial charge on any atom is -0.341 e. The van der Waals surface area contributed by atoms with E-state index in [9.17, 15) is 18.0 Å². The fraction of sp³-hybridized carbons (Fsp3) is 0.438. The molecule has 0 unspecified atom stereocenters. The van der Waals surface area contributed by atoms with Gasteiger partial charge in [0.1, 0.15) is 11.8 Å². The zero-order chi connectivity index (χ0) is 18.7. The molecule has 10 heteroatoms. The first-order valence-electron chi connectivity index (χ1n) is 8.00. The summed E-state index contributed by atoms with van der Waals surface area (Å²) in [7, 11) is 0. The SMILES string of the molecule is N#Cc1ccnc(N2CCC(Cn3nc(C(F)(F)F)ccc3=O)CC2)n1. The number of hydrogen-bond donors (Lipinski definition) is 0. The molecule has 0 aromatic carbocycles. The Balaban J connectivity index is 1.66. The van der Waals surface area contributed by atoms with Crippen LogP contribution >= 0.6 is 0 Å². The van der Waals surface area contributed by atoms with Crippen molar-refractivity contribution in [1.82, 2.24) is 19.7 Å². The number of halogens is 3. The van der Waals surface area contributed by atoms with E-state index in [4.69, 9.17) is 5.26 Å². The molecule has 0 spiro atoms. The van der Waals surface area contributed by atoms with Crippen molar-refractivity contribution in [2.45, 2.75) is 25.6 Å². The van der Waals surface area contributed by atoms with Gasteiger partial charge in [-0.05, 0) is 30.9 Å². The van der Waals surface area contributed by atoms with E-state index in [1.54, 1.807) is 0 Å². The van der Waals surface area contributed by atoms with Crippen molar-refractivity contribution in [3.8, 4) is 6.07 Å². The second kappa shape index (κ2) is 7.11. The predicted octanol–water partition coefficient (Wildman–Crippen LogP) is 1.84. The minimum atomic E-state index is -4.58. The molecule has 1 aliphatic heterocycles. The second-order valence-electron chi connectivity index (χ2n) is 6.02. The normalized spacial score (nSPS) is 15.7. The Morgan fingerprint density at radius 3 is 2.62 bits per heavy atom. The zero-order valence-corrected chi connectivity index (χ0v) is 13.6. The van der Waals surface area contributed by atoms with Crippen LogP contribution < -0.4 is 10.5 Å².